The number of nitrogens with zero attached hydrogens (tertiary/aromatic N) is 1. The molecule has 8 nitrogen and oxygen atoms in total. The number of aryl methyl sites for hydroxylation is 1. The first kappa shape index (κ1) is 19.9. The van der Waals surface area contributed by atoms with Crippen LogP contribution in [0.5, 0.6) is 0 Å². The quantitative estimate of drug-likeness (QED) is 0.591. The predicted molar refractivity (Wildman–Crippen MR) is 84.9 cm³/mol. The highest BCUT2D eigenvalue weighted by atomic mass is 32.3. The summed E-state index contributed by atoms with van der Waals surface area (Å²) < 4.78 is 28.0. The normalized spacial score (nSPS) is 13.2. The molecular weight excluding hydrogens is 298 g/mol. The first-order chi connectivity index (χ1) is 9.88. The van der Waals surface area contributed by atoms with Gasteiger partial charge < -0.3 is 9.30 Å². The van der Waals surface area contributed by atoms with Crippen LogP contribution < -0.4 is 16.0 Å². The average molecular weight is 323 g/mol. The molecule has 1 aromatic rings. The van der Waals surface area contributed by atoms with Crippen molar-refractivity contribution in [1.29, 1.82) is 0 Å². The summed E-state index contributed by atoms with van der Waals surface area (Å²) in [5.74, 6) is 0.0398. The van der Waals surface area contributed by atoms with Gasteiger partial charge in [0.15, 0.2) is 0 Å². The summed E-state index contributed by atoms with van der Waals surface area (Å²) >= 11 is 0. The summed E-state index contributed by atoms with van der Waals surface area (Å²) in [6.45, 7) is 4.31. The molecule has 0 saturated heterocycles. The first-order valence-corrected chi connectivity index (χ1v) is 8.36. The molecule has 0 aromatic carbocycles. The molecule has 0 aliphatic carbocycles. The maximum absolute atomic E-state index is 11.4. The van der Waals surface area contributed by atoms with Crippen LogP contribution in [0.4, 0.5) is 0 Å². The van der Waals surface area contributed by atoms with Crippen molar-refractivity contribution in [3.05, 3.63) is 33.1 Å². The Morgan fingerprint density at radius 3 is 2.52 bits per heavy atom. The second kappa shape index (κ2) is 9.74. The molecule has 1 atom stereocenters. The first-order valence-electron chi connectivity index (χ1n) is 6.65. The van der Waals surface area contributed by atoms with Crippen LogP contribution in [0.15, 0.2) is 21.9 Å². The number of hydrogen-bond donors (Lipinski definition) is 4. The minimum absolute atomic E-state index is 0.0398. The number of aromatic nitrogens is 2. The molecule has 1 heterocycles. The molecule has 0 radical (unpaired) electrons. The van der Waals surface area contributed by atoms with Crippen LogP contribution in [0, 0.1) is 0 Å². The molecular formula is C12H25N3O5S. The number of hydrogen-bond acceptors (Lipinski definition) is 6. The molecule has 1 unspecified atom stereocenters. The highest BCUT2D eigenvalue weighted by Crippen LogP contribution is 2.34. The minimum Gasteiger partial charge on any atom is -0.380 e. The molecule has 21 heavy (non-hydrogen) atoms. The van der Waals surface area contributed by atoms with Gasteiger partial charge >= 0.3 is 5.69 Å². The van der Waals surface area contributed by atoms with Crippen LogP contribution >= 0.6 is 10.8 Å². The molecule has 0 amide bonds. The van der Waals surface area contributed by atoms with Gasteiger partial charge in [0.2, 0.25) is 0 Å². The van der Waals surface area contributed by atoms with Crippen LogP contribution in [0.25, 0.3) is 0 Å². The van der Waals surface area contributed by atoms with Gasteiger partial charge in [-0.3, -0.25) is 18.9 Å². The lowest BCUT2D eigenvalue weighted by atomic mass is 10.3. The third-order valence-electron chi connectivity index (χ3n) is 2.67. The number of rotatable bonds is 7. The number of methoxy groups -OCH3 is 1. The number of H-pyrrole nitrogens is 1. The Bertz CT molecular complexity index is 514. The van der Waals surface area contributed by atoms with Crippen molar-refractivity contribution in [1.82, 2.24) is 14.3 Å². The van der Waals surface area contributed by atoms with E-state index in [2.05, 4.69) is 9.71 Å². The summed E-state index contributed by atoms with van der Waals surface area (Å²) in [5.41, 5.74) is -0.948. The van der Waals surface area contributed by atoms with Crippen molar-refractivity contribution in [3.63, 3.8) is 0 Å². The maximum atomic E-state index is 11.4. The number of nitrogens with one attached hydrogen (secondary N) is 2. The maximum Gasteiger partial charge on any atom is 0.328 e. The summed E-state index contributed by atoms with van der Waals surface area (Å²) in [6.07, 6.45) is 1.40. The van der Waals surface area contributed by atoms with E-state index in [1.54, 1.807) is 0 Å². The fraction of sp³-hybridized carbons (Fsp3) is 0.667. The van der Waals surface area contributed by atoms with Gasteiger partial charge in [0, 0.05) is 33.0 Å². The Kier molecular flexibility index (Phi) is 9.22. The molecule has 4 N–H and O–H groups in total. The molecule has 0 spiro atoms. The third kappa shape index (κ3) is 7.44. The molecule has 1 aromatic heterocycles. The second-order valence-electron chi connectivity index (χ2n) is 3.99. The van der Waals surface area contributed by atoms with E-state index in [-0.39, 0.29) is 5.75 Å². The molecule has 0 saturated carbocycles. The minimum atomic E-state index is -2.87. The Balaban J connectivity index is 0.00000191. The highest BCUT2D eigenvalue weighted by molar-refractivity contribution is 8.22. The molecule has 0 aliphatic heterocycles. The van der Waals surface area contributed by atoms with E-state index in [4.69, 9.17) is 4.74 Å². The fourth-order valence-corrected chi connectivity index (χ4v) is 2.50. The van der Waals surface area contributed by atoms with Crippen molar-refractivity contribution in [3.8, 4) is 0 Å². The molecule has 0 bridgehead atoms. The fourth-order valence-electron chi connectivity index (χ4n) is 1.52. The van der Waals surface area contributed by atoms with Gasteiger partial charge in [-0.05, 0) is 6.42 Å². The lowest BCUT2D eigenvalue weighted by Gasteiger charge is -2.34. The van der Waals surface area contributed by atoms with Crippen LogP contribution in [0.2, 0.25) is 0 Å². The lowest BCUT2D eigenvalue weighted by Crippen LogP contribution is -2.32. The lowest BCUT2D eigenvalue weighted by molar-refractivity contribution is 0.107. The molecule has 124 valence electrons. The number of aromatic amines is 1. The summed E-state index contributed by atoms with van der Waals surface area (Å²) in [5, 5.41) is 0. The summed E-state index contributed by atoms with van der Waals surface area (Å²) in [4.78, 5) is 24.5. The highest BCUT2D eigenvalue weighted by Gasteiger charge is 2.18. The van der Waals surface area contributed by atoms with Gasteiger partial charge in [-0.25, -0.2) is 9.52 Å². The van der Waals surface area contributed by atoms with Gasteiger partial charge in [0.25, 0.3) is 5.56 Å². The summed E-state index contributed by atoms with van der Waals surface area (Å²) in [7, 11) is 0.0444. The van der Waals surface area contributed by atoms with Crippen molar-refractivity contribution >= 4 is 10.8 Å². The van der Waals surface area contributed by atoms with Crippen LogP contribution in [-0.4, -0.2) is 44.7 Å². The second-order valence-corrected chi connectivity index (χ2v) is 6.06. The van der Waals surface area contributed by atoms with Crippen molar-refractivity contribution < 1.29 is 13.8 Å². The Morgan fingerprint density at radius 2 is 2.05 bits per heavy atom. The van der Waals surface area contributed by atoms with Crippen molar-refractivity contribution in [2.45, 2.75) is 32.9 Å². The van der Waals surface area contributed by atoms with Crippen LogP contribution in [0.1, 0.15) is 20.3 Å². The smallest absolute Gasteiger partial charge is 0.328 e. The zero-order chi connectivity index (χ0) is 16.5. The molecule has 0 fully saturated rings. The van der Waals surface area contributed by atoms with E-state index < -0.39 is 28.1 Å². The third-order valence-corrected chi connectivity index (χ3v) is 4.16. The van der Waals surface area contributed by atoms with Crippen LogP contribution in [-0.2, 0) is 11.3 Å². The van der Waals surface area contributed by atoms with E-state index in [0.717, 1.165) is 0 Å². The summed E-state index contributed by atoms with van der Waals surface area (Å²) in [6, 6.07) is 1.25. The molecule has 1 rings (SSSR count). The van der Waals surface area contributed by atoms with E-state index in [0.29, 0.717) is 13.0 Å². The van der Waals surface area contributed by atoms with Gasteiger partial charge in [0.05, 0.1) is 11.9 Å². The topological polar surface area (TPSA) is 117 Å². The molecule has 0 aliphatic rings. The Hall–Kier alpha value is -1.13. The Morgan fingerprint density at radius 1 is 1.43 bits per heavy atom. The zero-order valence-electron chi connectivity index (χ0n) is 12.8. The van der Waals surface area contributed by atoms with Gasteiger partial charge in [-0.2, -0.15) is 0 Å². The predicted octanol–water partition coefficient (Wildman–Crippen LogP) is 0.853. The number of ether oxygens (including phenoxy) is 1. The van der Waals surface area contributed by atoms with E-state index in [9.17, 15) is 18.7 Å². The molecule has 9 heteroatoms. The van der Waals surface area contributed by atoms with Gasteiger partial charge in [-0.1, -0.05) is 13.8 Å². The SMILES string of the molecule is CC.CNS(O)(O)CC(CCn1ccc(=O)[nH]c1=O)OC. The average Bonchev–Trinajstić information content (AvgIpc) is 2.47. The Labute approximate surface area is 125 Å². The van der Waals surface area contributed by atoms with E-state index in [1.807, 2.05) is 13.8 Å². The van der Waals surface area contributed by atoms with E-state index in [1.165, 1.54) is 31.0 Å². The monoisotopic (exact) mass is 323 g/mol. The van der Waals surface area contributed by atoms with E-state index >= 15 is 0 Å². The van der Waals surface area contributed by atoms with Crippen molar-refractivity contribution in [2.24, 2.45) is 0 Å². The zero-order valence-corrected chi connectivity index (χ0v) is 13.6. The standard InChI is InChI=1S/C10H19N3O5S.C2H6/c1-11-19(16,17)7-8(18-2)3-5-13-6-4-9(14)12-10(13)15;1-2/h4,6,8,11,16-17H,3,5,7H2,1-2H3,(H,12,14,15);1-2H3. The van der Waals surface area contributed by atoms with Crippen LogP contribution in [0.3, 0.4) is 0 Å². The largest absolute Gasteiger partial charge is 0.380 e. The van der Waals surface area contributed by atoms with Gasteiger partial charge in [-0.15, -0.1) is 10.8 Å². The van der Waals surface area contributed by atoms with Crippen molar-refractivity contribution in [2.75, 3.05) is 19.9 Å². The van der Waals surface area contributed by atoms with Gasteiger partial charge in [0.1, 0.15) is 0 Å².